The first-order valence-corrected chi connectivity index (χ1v) is 8.31. The maximum absolute atomic E-state index is 4.20. The lowest BCUT2D eigenvalue weighted by Crippen LogP contribution is -2.07. The summed E-state index contributed by atoms with van der Waals surface area (Å²) >= 11 is 12.6. The summed E-state index contributed by atoms with van der Waals surface area (Å²) in [5.74, 6) is 0. The quantitative estimate of drug-likeness (QED) is 0.410. The molecule has 44 valence electrons. The summed E-state index contributed by atoms with van der Waals surface area (Å²) in [6.45, 7) is 2.12. The van der Waals surface area contributed by atoms with Gasteiger partial charge in [-0.2, -0.15) is 36.2 Å². The van der Waals surface area contributed by atoms with Crippen LogP contribution in [0.4, 0.5) is 0 Å². The lowest BCUT2D eigenvalue weighted by molar-refractivity contribution is 1.08. The van der Waals surface area contributed by atoms with E-state index in [4.69, 9.17) is 0 Å². The highest BCUT2D eigenvalue weighted by Crippen LogP contribution is 2.23. The molecular formula is C3H10S3Si. The fourth-order valence-corrected chi connectivity index (χ4v) is 3.02. The Morgan fingerprint density at radius 2 is 1.71 bits per heavy atom. The Morgan fingerprint density at radius 1 is 1.29 bits per heavy atom. The third-order valence-corrected chi connectivity index (χ3v) is 3.77. The van der Waals surface area contributed by atoms with Crippen LogP contribution in [0.15, 0.2) is 0 Å². The van der Waals surface area contributed by atoms with E-state index in [1.54, 1.807) is 0 Å². The monoisotopic (exact) mass is 170 g/mol. The molecule has 0 amide bonds. The molecule has 0 spiro atoms. The molecular weight excluding hydrogens is 160 g/mol. The highest BCUT2D eigenvalue weighted by Gasteiger charge is 2.15. The maximum atomic E-state index is 4.20. The van der Waals surface area contributed by atoms with Crippen LogP contribution in [0.25, 0.3) is 0 Å². The number of thiol groups is 3. The molecule has 0 aromatic rings. The number of rotatable bonds is 2. The van der Waals surface area contributed by atoms with Crippen LogP contribution >= 0.6 is 36.2 Å². The van der Waals surface area contributed by atoms with Crippen molar-refractivity contribution in [3.63, 3.8) is 0 Å². The molecule has 0 aliphatic rings. The van der Waals surface area contributed by atoms with Crippen LogP contribution in [-0.2, 0) is 0 Å². The van der Waals surface area contributed by atoms with E-state index in [0.717, 1.165) is 12.5 Å². The maximum Gasteiger partial charge on any atom is 0.228 e. The summed E-state index contributed by atoms with van der Waals surface area (Å²) in [4.78, 5) is 0. The summed E-state index contributed by atoms with van der Waals surface area (Å²) in [7, 11) is 0. The molecule has 0 fully saturated rings. The predicted molar refractivity (Wildman–Crippen MR) is 47.8 cm³/mol. The summed E-state index contributed by atoms with van der Waals surface area (Å²) in [5.41, 5.74) is -1.57. The molecule has 0 radical (unpaired) electrons. The van der Waals surface area contributed by atoms with Gasteiger partial charge in [-0.25, -0.2) is 0 Å². The SMILES string of the molecule is CCC[Si](S)(S)S. The molecule has 0 unspecified atom stereocenters. The van der Waals surface area contributed by atoms with E-state index in [1.165, 1.54) is 0 Å². The van der Waals surface area contributed by atoms with E-state index in [0.29, 0.717) is 0 Å². The molecule has 0 heterocycles. The van der Waals surface area contributed by atoms with Crippen molar-refractivity contribution in [3.05, 3.63) is 0 Å². The normalized spacial score (nSPS) is 12.0. The van der Waals surface area contributed by atoms with Crippen molar-refractivity contribution in [1.29, 1.82) is 0 Å². The lowest BCUT2D eigenvalue weighted by Gasteiger charge is -2.07. The molecule has 0 aliphatic carbocycles. The van der Waals surface area contributed by atoms with E-state index < -0.39 is 5.52 Å². The van der Waals surface area contributed by atoms with Crippen molar-refractivity contribution in [2.75, 3.05) is 0 Å². The van der Waals surface area contributed by atoms with Crippen LogP contribution in [0.1, 0.15) is 13.3 Å². The van der Waals surface area contributed by atoms with Gasteiger partial charge in [-0.05, 0) is 6.04 Å². The Bertz CT molecular complexity index is 48.6. The lowest BCUT2D eigenvalue weighted by atomic mass is 10.6. The van der Waals surface area contributed by atoms with Crippen LogP contribution in [0.2, 0.25) is 6.04 Å². The second-order valence-electron chi connectivity index (χ2n) is 1.52. The minimum atomic E-state index is -1.57. The molecule has 4 heteroatoms. The molecule has 0 aromatic carbocycles. The molecule has 0 N–H and O–H groups in total. The van der Waals surface area contributed by atoms with E-state index in [2.05, 4.69) is 43.2 Å². The van der Waals surface area contributed by atoms with E-state index in [9.17, 15) is 0 Å². The van der Waals surface area contributed by atoms with Gasteiger partial charge in [0.25, 0.3) is 0 Å². The molecule has 0 bridgehead atoms. The molecule has 7 heavy (non-hydrogen) atoms. The van der Waals surface area contributed by atoms with E-state index in [-0.39, 0.29) is 0 Å². The summed E-state index contributed by atoms with van der Waals surface area (Å²) in [6, 6.07) is 1.07. The standard InChI is InChI=1S/C3H10S3Si/c1-2-3-7(4,5)6/h4-6H,2-3H2,1H3. The molecule has 0 saturated carbocycles. The minimum Gasteiger partial charge on any atom is -0.180 e. The minimum absolute atomic E-state index is 1.07. The molecule has 0 rings (SSSR count). The third kappa shape index (κ3) is 7.27. The summed E-state index contributed by atoms with van der Waals surface area (Å²) in [5, 5.41) is 0. The van der Waals surface area contributed by atoms with Crippen molar-refractivity contribution in [3.8, 4) is 0 Å². The zero-order valence-electron chi connectivity index (χ0n) is 4.26. The van der Waals surface area contributed by atoms with Crippen molar-refractivity contribution in [2.24, 2.45) is 0 Å². The fraction of sp³-hybridized carbons (Fsp3) is 1.00. The first-order chi connectivity index (χ1) is 3.06. The van der Waals surface area contributed by atoms with Gasteiger partial charge in [0.1, 0.15) is 0 Å². The molecule has 0 aliphatic heterocycles. The largest absolute Gasteiger partial charge is 0.228 e. The molecule has 0 atom stereocenters. The van der Waals surface area contributed by atoms with Gasteiger partial charge in [0.15, 0.2) is 0 Å². The van der Waals surface area contributed by atoms with Gasteiger partial charge in [0, 0.05) is 0 Å². The summed E-state index contributed by atoms with van der Waals surface area (Å²) < 4.78 is 0. The van der Waals surface area contributed by atoms with Crippen molar-refractivity contribution in [2.45, 2.75) is 19.4 Å². The summed E-state index contributed by atoms with van der Waals surface area (Å²) in [6.07, 6.45) is 1.14. The molecule has 0 aromatic heterocycles. The average molecular weight is 170 g/mol. The van der Waals surface area contributed by atoms with Gasteiger partial charge in [-0.1, -0.05) is 13.3 Å². The Balaban J connectivity index is 3.15. The van der Waals surface area contributed by atoms with Gasteiger partial charge in [-0.15, -0.1) is 0 Å². The van der Waals surface area contributed by atoms with E-state index >= 15 is 0 Å². The van der Waals surface area contributed by atoms with Crippen molar-refractivity contribution < 1.29 is 0 Å². The first-order valence-electron chi connectivity index (χ1n) is 2.23. The van der Waals surface area contributed by atoms with Crippen LogP contribution < -0.4 is 0 Å². The van der Waals surface area contributed by atoms with Crippen molar-refractivity contribution in [1.82, 2.24) is 0 Å². The van der Waals surface area contributed by atoms with Gasteiger partial charge >= 0.3 is 0 Å². The Morgan fingerprint density at radius 3 is 1.71 bits per heavy atom. The van der Waals surface area contributed by atoms with Crippen LogP contribution in [0.3, 0.4) is 0 Å². The van der Waals surface area contributed by atoms with Crippen LogP contribution in [0, 0.1) is 0 Å². The van der Waals surface area contributed by atoms with Crippen LogP contribution in [0.5, 0.6) is 0 Å². The Hall–Kier alpha value is 1.27. The highest BCUT2D eigenvalue weighted by molar-refractivity contribution is 8.68. The average Bonchev–Trinajstić information content (AvgIpc) is 1.30. The van der Waals surface area contributed by atoms with Gasteiger partial charge in [0.05, 0.1) is 0 Å². The topological polar surface area (TPSA) is 0 Å². The van der Waals surface area contributed by atoms with Gasteiger partial charge < -0.3 is 0 Å². The predicted octanol–water partition coefficient (Wildman–Crippen LogP) is 2.12. The fourth-order valence-electron chi connectivity index (χ4n) is 0.335. The molecule has 0 saturated heterocycles. The number of hydrogen-bond donors (Lipinski definition) is 3. The highest BCUT2D eigenvalue weighted by atomic mass is 32.7. The van der Waals surface area contributed by atoms with Gasteiger partial charge in [0.2, 0.25) is 5.52 Å². The van der Waals surface area contributed by atoms with Crippen molar-refractivity contribution >= 4 is 41.8 Å². The first kappa shape index (κ1) is 8.27. The second-order valence-corrected chi connectivity index (χ2v) is 13.6. The van der Waals surface area contributed by atoms with Crippen LogP contribution in [-0.4, -0.2) is 5.52 Å². The molecule has 0 nitrogen and oxygen atoms in total. The smallest absolute Gasteiger partial charge is 0.180 e. The van der Waals surface area contributed by atoms with E-state index in [1.807, 2.05) is 0 Å². The zero-order valence-corrected chi connectivity index (χ0v) is 7.94. The second kappa shape index (κ2) is 3.32. The third-order valence-electron chi connectivity index (χ3n) is 0.585. The Labute approximate surface area is 61.2 Å². The number of hydrogen-bond acceptors (Lipinski definition) is 3. The van der Waals surface area contributed by atoms with Gasteiger partial charge in [-0.3, -0.25) is 0 Å². The Kier molecular flexibility index (Phi) is 3.92. The zero-order chi connectivity index (χ0) is 5.91.